The minimum absolute atomic E-state index is 0.121. The summed E-state index contributed by atoms with van der Waals surface area (Å²) < 4.78 is 45.4. The normalized spacial score (nSPS) is 14.4. The Bertz CT molecular complexity index is 920. The lowest BCUT2D eigenvalue weighted by Gasteiger charge is -2.31. The molecule has 3 rings (SSSR count). The molecule has 1 amide bonds. The first kappa shape index (κ1) is 21.5. The number of carbonyl (C=O) groups excluding carboxylic acids is 1. The Morgan fingerprint density at radius 3 is 2.59 bits per heavy atom. The number of thiocarbonyl (C=S) groups is 1. The minimum Gasteiger partial charge on any atom is -0.378 e. The van der Waals surface area contributed by atoms with Crippen LogP contribution in [0.1, 0.15) is 15.9 Å². The maximum absolute atomic E-state index is 13.2. The van der Waals surface area contributed by atoms with E-state index in [0.717, 1.165) is 12.1 Å². The minimum atomic E-state index is -4.51. The molecule has 6 nitrogen and oxygen atoms in total. The van der Waals surface area contributed by atoms with Crippen molar-refractivity contribution in [3.63, 3.8) is 0 Å². The number of alkyl halides is 3. The van der Waals surface area contributed by atoms with Crippen LogP contribution in [0, 0.1) is 0 Å². The summed E-state index contributed by atoms with van der Waals surface area (Å²) in [6.45, 7) is 2.00. The van der Waals surface area contributed by atoms with Crippen LogP contribution in [0.15, 0.2) is 41.1 Å². The molecule has 29 heavy (non-hydrogen) atoms. The third kappa shape index (κ3) is 5.64. The standard InChI is InChI=1S/C18H16BrF3N4O2S/c19-13-7-11(9-23-10-13)16(27)25-17(29)24-14-8-12(18(20,21)22)1-2-15(14)26-3-5-28-6-4-26/h1-2,7-10H,3-6H2,(H2,24,25,27,29). The predicted molar refractivity (Wildman–Crippen MR) is 110 cm³/mol. The van der Waals surface area contributed by atoms with Crippen molar-refractivity contribution in [2.75, 3.05) is 36.5 Å². The molecule has 0 radical (unpaired) electrons. The molecule has 0 aliphatic carbocycles. The number of morpholine rings is 1. The lowest BCUT2D eigenvalue weighted by Crippen LogP contribution is -2.38. The summed E-state index contributed by atoms with van der Waals surface area (Å²) in [6.07, 6.45) is -1.64. The average molecular weight is 489 g/mol. The van der Waals surface area contributed by atoms with Gasteiger partial charge in [-0.25, -0.2) is 0 Å². The molecule has 2 heterocycles. The molecule has 2 N–H and O–H groups in total. The van der Waals surface area contributed by atoms with Crippen molar-refractivity contribution < 1.29 is 22.7 Å². The van der Waals surface area contributed by atoms with Crippen LogP contribution in [-0.2, 0) is 10.9 Å². The van der Waals surface area contributed by atoms with Gasteiger partial charge < -0.3 is 15.0 Å². The fraction of sp³-hybridized carbons (Fsp3) is 0.278. The van der Waals surface area contributed by atoms with Crippen molar-refractivity contribution in [1.82, 2.24) is 10.3 Å². The van der Waals surface area contributed by atoms with E-state index in [-0.39, 0.29) is 16.4 Å². The topological polar surface area (TPSA) is 66.5 Å². The molecule has 0 spiro atoms. The molecule has 1 aliphatic heterocycles. The van der Waals surface area contributed by atoms with Crippen LogP contribution in [0.3, 0.4) is 0 Å². The number of amides is 1. The van der Waals surface area contributed by atoms with E-state index in [4.69, 9.17) is 17.0 Å². The zero-order chi connectivity index (χ0) is 21.0. The zero-order valence-corrected chi connectivity index (χ0v) is 17.3. The summed E-state index contributed by atoms with van der Waals surface area (Å²) in [5.41, 5.74) is 0.129. The van der Waals surface area contributed by atoms with Gasteiger partial charge in [0, 0.05) is 30.0 Å². The maximum atomic E-state index is 13.2. The summed E-state index contributed by atoms with van der Waals surface area (Å²) in [4.78, 5) is 18.1. The second-order valence-electron chi connectivity index (χ2n) is 6.13. The van der Waals surface area contributed by atoms with E-state index in [1.165, 1.54) is 18.5 Å². The van der Waals surface area contributed by atoms with Crippen LogP contribution in [0.5, 0.6) is 0 Å². The van der Waals surface area contributed by atoms with Crippen molar-refractivity contribution in [3.05, 3.63) is 52.3 Å². The lowest BCUT2D eigenvalue weighted by atomic mass is 10.1. The highest BCUT2D eigenvalue weighted by molar-refractivity contribution is 9.10. The first-order valence-electron chi connectivity index (χ1n) is 8.51. The highest BCUT2D eigenvalue weighted by atomic mass is 79.9. The van der Waals surface area contributed by atoms with Gasteiger partial charge in [0.1, 0.15) is 0 Å². The van der Waals surface area contributed by atoms with E-state index in [2.05, 4.69) is 31.5 Å². The largest absolute Gasteiger partial charge is 0.416 e. The van der Waals surface area contributed by atoms with Crippen LogP contribution in [0.25, 0.3) is 0 Å². The number of benzene rings is 1. The molecular formula is C18H16BrF3N4O2S. The van der Waals surface area contributed by atoms with Crippen LogP contribution in [0.2, 0.25) is 0 Å². The number of halogens is 4. The second-order valence-corrected chi connectivity index (χ2v) is 7.45. The van der Waals surface area contributed by atoms with Crippen molar-refractivity contribution in [3.8, 4) is 0 Å². The number of pyridine rings is 1. The van der Waals surface area contributed by atoms with Gasteiger partial charge in [-0.2, -0.15) is 13.2 Å². The first-order valence-corrected chi connectivity index (χ1v) is 9.71. The number of hydrogen-bond donors (Lipinski definition) is 2. The lowest BCUT2D eigenvalue weighted by molar-refractivity contribution is -0.137. The van der Waals surface area contributed by atoms with Crippen LogP contribution in [-0.4, -0.2) is 42.3 Å². The van der Waals surface area contributed by atoms with E-state index in [1.54, 1.807) is 6.07 Å². The molecule has 0 atom stereocenters. The summed E-state index contributed by atoms with van der Waals surface area (Å²) in [7, 11) is 0. The van der Waals surface area contributed by atoms with E-state index in [9.17, 15) is 18.0 Å². The fourth-order valence-corrected chi connectivity index (χ4v) is 3.32. The summed E-state index contributed by atoms with van der Waals surface area (Å²) in [5, 5.41) is 5.06. The number of carbonyl (C=O) groups is 1. The average Bonchev–Trinajstić information content (AvgIpc) is 2.68. The number of rotatable bonds is 3. The molecular weight excluding hydrogens is 473 g/mol. The Morgan fingerprint density at radius 1 is 1.21 bits per heavy atom. The third-order valence-corrected chi connectivity index (χ3v) is 4.76. The molecule has 0 saturated carbocycles. The number of hydrogen-bond acceptors (Lipinski definition) is 5. The van der Waals surface area contributed by atoms with E-state index in [0.29, 0.717) is 36.5 Å². The molecule has 0 unspecified atom stereocenters. The molecule has 154 valence electrons. The van der Waals surface area contributed by atoms with Crippen molar-refractivity contribution in [1.29, 1.82) is 0 Å². The van der Waals surface area contributed by atoms with Crippen molar-refractivity contribution in [2.24, 2.45) is 0 Å². The van der Waals surface area contributed by atoms with Crippen molar-refractivity contribution in [2.45, 2.75) is 6.18 Å². The predicted octanol–water partition coefficient (Wildman–Crippen LogP) is 3.83. The SMILES string of the molecule is O=C(NC(=S)Nc1cc(C(F)(F)F)ccc1N1CCOCC1)c1cncc(Br)c1. The third-order valence-electron chi connectivity index (χ3n) is 4.12. The van der Waals surface area contributed by atoms with Gasteiger partial charge in [-0.1, -0.05) is 0 Å². The number of ether oxygens (including phenoxy) is 1. The summed E-state index contributed by atoms with van der Waals surface area (Å²) in [5.74, 6) is -0.531. The van der Waals surface area contributed by atoms with E-state index >= 15 is 0 Å². The zero-order valence-electron chi connectivity index (χ0n) is 14.9. The molecule has 1 aromatic heterocycles. The molecule has 1 aliphatic rings. The van der Waals surface area contributed by atoms with Gasteiger partial charge >= 0.3 is 6.18 Å². The Hall–Kier alpha value is -2.24. The quantitative estimate of drug-likeness (QED) is 0.640. The number of nitrogens with zero attached hydrogens (tertiary/aromatic N) is 2. The van der Waals surface area contributed by atoms with Gasteiger partial charge in [-0.3, -0.25) is 15.1 Å². The maximum Gasteiger partial charge on any atom is 0.416 e. The highest BCUT2D eigenvalue weighted by Crippen LogP contribution is 2.35. The summed E-state index contributed by atoms with van der Waals surface area (Å²) >= 11 is 8.36. The van der Waals surface area contributed by atoms with Crippen molar-refractivity contribution >= 4 is 50.5 Å². The van der Waals surface area contributed by atoms with Gasteiger partial charge in [0.2, 0.25) is 0 Å². The highest BCUT2D eigenvalue weighted by Gasteiger charge is 2.31. The Balaban J connectivity index is 1.81. The Kier molecular flexibility index (Phi) is 6.70. The van der Waals surface area contributed by atoms with Crippen LogP contribution < -0.4 is 15.5 Å². The van der Waals surface area contributed by atoms with E-state index < -0.39 is 17.6 Å². The molecule has 1 saturated heterocycles. The number of aromatic nitrogens is 1. The second kappa shape index (κ2) is 9.06. The van der Waals surface area contributed by atoms with Gasteiger partial charge in [-0.05, 0) is 52.4 Å². The van der Waals surface area contributed by atoms with Gasteiger partial charge in [0.25, 0.3) is 5.91 Å². The van der Waals surface area contributed by atoms with Gasteiger partial charge in [0.15, 0.2) is 5.11 Å². The fourth-order valence-electron chi connectivity index (χ4n) is 2.76. The Labute approximate surface area is 178 Å². The number of anilines is 2. The first-order chi connectivity index (χ1) is 13.7. The molecule has 1 aromatic carbocycles. The van der Waals surface area contributed by atoms with Crippen LogP contribution in [0.4, 0.5) is 24.5 Å². The monoisotopic (exact) mass is 488 g/mol. The molecule has 0 bridgehead atoms. The summed E-state index contributed by atoms with van der Waals surface area (Å²) in [6, 6.07) is 4.93. The smallest absolute Gasteiger partial charge is 0.378 e. The Morgan fingerprint density at radius 2 is 1.93 bits per heavy atom. The molecule has 2 aromatic rings. The van der Waals surface area contributed by atoms with Crippen LogP contribution >= 0.6 is 28.1 Å². The van der Waals surface area contributed by atoms with Gasteiger partial charge in [-0.15, -0.1) is 0 Å². The molecule has 1 fully saturated rings. The number of nitrogens with one attached hydrogen (secondary N) is 2. The van der Waals surface area contributed by atoms with E-state index in [1.807, 2.05) is 4.90 Å². The molecule has 11 heteroatoms. The van der Waals surface area contributed by atoms with Gasteiger partial charge in [0.05, 0.1) is 35.7 Å².